The van der Waals surface area contributed by atoms with Crippen molar-refractivity contribution in [3.8, 4) is 17.2 Å². The molecule has 4 nitrogen and oxygen atoms in total. The third-order valence-electron chi connectivity index (χ3n) is 3.03. The molecule has 0 aromatic heterocycles. The number of aliphatic hydroxyl groups excluding tert-OH is 1. The maximum atomic E-state index is 10.1. The smallest absolute Gasteiger partial charge is 0.231 e. The van der Waals surface area contributed by atoms with Crippen molar-refractivity contribution in [3.63, 3.8) is 0 Å². The van der Waals surface area contributed by atoms with E-state index in [1.54, 1.807) is 6.07 Å². The van der Waals surface area contributed by atoms with Crippen molar-refractivity contribution in [2.75, 3.05) is 6.79 Å². The lowest BCUT2D eigenvalue weighted by Gasteiger charge is -2.12. The van der Waals surface area contributed by atoms with E-state index in [2.05, 4.69) is 6.92 Å². The Balaban J connectivity index is 1.95. The fourth-order valence-electron chi connectivity index (χ4n) is 2.20. The Labute approximate surface area is 93.7 Å². The largest absolute Gasteiger partial charge is 0.487 e. The lowest BCUT2D eigenvalue weighted by Crippen LogP contribution is -2.17. The summed E-state index contributed by atoms with van der Waals surface area (Å²) < 4.78 is 16.2. The maximum absolute atomic E-state index is 10.1. The van der Waals surface area contributed by atoms with E-state index in [1.165, 1.54) is 0 Å². The monoisotopic (exact) mass is 222 g/mol. The zero-order valence-electron chi connectivity index (χ0n) is 9.10. The Morgan fingerprint density at radius 3 is 2.75 bits per heavy atom. The van der Waals surface area contributed by atoms with E-state index in [-0.39, 0.29) is 12.9 Å². The summed E-state index contributed by atoms with van der Waals surface area (Å²) in [6.07, 6.45) is 1.15. The van der Waals surface area contributed by atoms with E-state index >= 15 is 0 Å². The Bertz CT molecular complexity index is 416. The van der Waals surface area contributed by atoms with Crippen LogP contribution >= 0.6 is 0 Å². The van der Waals surface area contributed by atoms with Crippen LogP contribution in [0.5, 0.6) is 17.2 Å². The van der Waals surface area contributed by atoms with Crippen LogP contribution in [-0.2, 0) is 0 Å². The predicted octanol–water partition coefficient (Wildman–Crippen LogP) is 2.01. The molecule has 0 fully saturated rings. The molecular formula is C12H14O4. The zero-order valence-corrected chi connectivity index (χ0v) is 9.10. The summed E-state index contributed by atoms with van der Waals surface area (Å²) in [5.74, 6) is 2.11. The molecule has 2 aliphatic rings. The Kier molecular flexibility index (Phi) is 2.17. The van der Waals surface area contributed by atoms with Crippen LogP contribution in [-0.4, -0.2) is 18.0 Å². The molecular weight excluding hydrogens is 208 g/mol. The number of fused-ring (bicyclic) bond motifs is 2. The molecule has 0 saturated heterocycles. The first-order valence-corrected chi connectivity index (χ1v) is 5.58. The molecule has 4 heteroatoms. The highest BCUT2D eigenvalue weighted by molar-refractivity contribution is 5.54. The average molecular weight is 222 g/mol. The van der Waals surface area contributed by atoms with Gasteiger partial charge in [0.25, 0.3) is 0 Å². The molecule has 16 heavy (non-hydrogen) atoms. The second kappa shape index (κ2) is 3.56. The zero-order chi connectivity index (χ0) is 11.1. The van der Waals surface area contributed by atoms with Crippen molar-refractivity contribution in [2.45, 2.75) is 32.0 Å². The van der Waals surface area contributed by atoms with Gasteiger partial charge in [-0.25, -0.2) is 0 Å². The van der Waals surface area contributed by atoms with E-state index < -0.39 is 6.10 Å². The standard InChI is InChI=1S/C12H14O4/c1-2-3-8-12(13)7-4-10-11(15-6-14-10)5-9(7)16-8/h4-5,8,12-13H,2-3,6H2,1H3. The number of hydrogen-bond acceptors (Lipinski definition) is 4. The van der Waals surface area contributed by atoms with Gasteiger partial charge in [0.2, 0.25) is 6.79 Å². The van der Waals surface area contributed by atoms with E-state index in [0.717, 1.165) is 24.2 Å². The van der Waals surface area contributed by atoms with Crippen LogP contribution < -0.4 is 14.2 Å². The number of hydrogen-bond donors (Lipinski definition) is 1. The highest BCUT2D eigenvalue weighted by Gasteiger charge is 2.34. The van der Waals surface area contributed by atoms with Crippen molar-refractivity contribution >= 4 is 0 Å². The van der Waals surface area contributed by atoms with Crippen LogP contribution in [0.4, 0.5) is 0 Å². The highest BCUT2D eigenvalue weighted by Crippen LogP contribution is 2.46. The molecule has 2 unspecified atom stereocenters. The molecule has 3 rings (SSSR count). The summed E-state index contributed by atoms with van der Waals surface area (Å²) in [6, 6.07) is 3.62. The lowest BCUT2D eigenvalue weighted by atomic mass is 10.0. The van der Waals surface area contributed by atoms with Crippen LogP contribution in [0, 0.1) is 0 Å². The van der Waals surface area contributed by atoms with Gasteiger partial charge in [-0.3, -0.25) is 0 Å². The van der Waals surface area contributed by atoms with E-state index in [0.29, 0.717) is 11.5 Å². The Hall–Kier alpha value is -1.42. The fraction of sp³-hybridized carbons (Fsp3) is 0.500. The number of aliphatic hydroxyl groups is 1. The molecule has 2 heterocycles. The Morgan fingerprint density at radius 1 is 1.25 bits per heavy atom. The average Bonchev–Trinajstić information content (AvgIpc) is 2.83. The van der Waals surface area contributed by atoms with Crippen molar-refractivity contribution in [1.82, 2.24) is 0 Å². The summed E-state index contributed by atoms with van der Waals surface area (Å²) in [5.41, 5.74) is 0.808. The number of ether oxygens (including phenoxy) is 3. The van der Waals surface area contributed by atoms with Crippen molar-refractivity contribution in [1.29, 1.82) is 0 Å². The van der Waals surface area contributed by atoms with E-state index in [9.17, 15) is 5.11 Å². The molecule has 0 radical (unpaired) electrons. The third kappa shape index (κ3) is 1.33. The van der Waals surface area contributed by atoms with Crippen LogP contribution in [0.25, 0.3) is 0 Å². The molecule has 2 atom stereocenters. The molecule has 86 valence electrons. The molecule has 2 aliphatic heterocycles. The lowest BCUT2D eigenvalue weighted by molar-refractivity contribution is 0.0613. The van der Waals surface area contributed by atoms with Crippen LogP contribution in [0.2, 0.25) is 0 Å². The molecule has 0 aliphatic carbocycles. The van der Waals surface area contributed by atoms with Gasteiger partial charge in [-0.2, -0.15) is 0 Å². The summed E-state index contributed by atoms with van der Waals surface area (Å²) in [7, 11) is 0. The Morgan fingerprint density at radius 2 is 2.00 bits per heavy atom. The second-order valence-electron chi connectivity index (χ2n) is 4.13. The molecule has 1 N–H and O–H groups in total. The second-order valence-corrected chi connectivity index (χ2v) is 4.13. The summed E-state index contributed by atoms with van der Waals surface area (Å²) in [4.78, 5) is 0. The van der Waals surface area contributed by atoms with Gasteiger partial charge in [0, 0.05) is 11.6 Å². The van der Waals surface area contributed by atoms with Gasteiger partial charge in [0.15, 0.2) is 11.5 Å². The first-order chi connectivity index (χ1) is 7.79. The van der Waals surface area contributed by atoms with E-state index in [1.807, 2.05) is 6.07 Å². The molecule has 0 bridgehead atoms. The quantitative estimate of drug-likeness (QED) is 0.831. The van der Waals surface area contributed by atoms with Gasteiger partial charge in [-0.05, 0) is 12.5 Å². The fourth-order valence-corrected chi connectivity index (χ4v) is 2.20. The van der Waals surface area contributed by atoms with Gasteiger partial charge >= 0.3 is 0 Å². The molecule has 1 aromatic rings. The summed E-state index contributed by atoms with van der Waals surface area (Å²) in [5, 5.41) is 10.1. The molecule has 0 amide bonds. The third-order valence-corrected chi connectivity index (χ3v) is 3.03. The number of rotatable bonds is 2. The van der Waals surface area contributed by atoms with Gasteiger partial charge < -0.3 is 19.3 Å². The highest BCUT2D eigenvalue weighted by atomic mass is 16.7. The minimum absolute atomic E-state index is 0.137. The van der Waals surface area contributed by atoms with Crippen LogP contribution in [0.15, 0.2) is 12.1 Å². The van der Waals surface area contributed by atoms with E-state index in [4.69, 9.17) is 14.2 Å². The molecule has 0 spiro atoms. The van der Waals surface area contributed by atoms with Crippen molar-refractivity contribution in [2.24, 2.45) is 0 Å². The van der Waals surface area contributed by atoms with Gasteiger partial charge in [-0.1, -0.05) is 13.3 Å². The predicted molar refractivity (Wildman–Crippen MR) is 56.8 cm³/mol. The number of benzene rings is 1. The topological polar surface area (TPSA) is 47.9 Å². The van der Waals surface area contributed by atoms with Gasteiger partial charge in [-0.15, -0.1) is 0 Å². The van der Waals surface area contributed by atoms with Gasteiger partial charge in [0.05, 0.1) is 0 Å². The van der Waals surface area contributed by atoms with Gasteiger partial charge in [0.1, 0.15) is 18.0 Å². The minimum atomic E-state index is -0.551. The summed E-state index contributed by atoms with van der Waals surface area (Å²) in [6.45, 7) is 2.32. The van der Waals surface area contributed by atoms with Crippen molar-refractivity contribution < 1.29 is 19.3 Å². The first kappa shape index (κ1) is 9.78. The summed E-state index contributed by atoms with van der Waals surface area (Å²) >= 11 is 0. The van der Waals surface area contributed by atoms with Crippen molar-refractivity contribution in [3.05, 3.63) is 17.7 Å². The minimum Gasteiger partial charge on any atom is -0.487 e. The normalized spacial score (nSPS) is 25.4. The van der Waals surface area contributed by atoms with Crippen LogP contribution in [0.1, 0.15) is 31.4 Å². The first-order valence-electron chi connectivity index (χ1n) is 5.58. The van der Waals surface area contributed by atoms with Crippen LogP contribution in [0.3, 0.4) is 0 Å². The molecule has 1 aromatic carbocycles. The molecule has 0 saturated carbocycles. The maximum Gasteiger partial charge on any atom is 0.231 e. The SMILES string of the molecule is CCCC1Oc2cc3c(cc2C1O)OCO3.